The van der Waals surface area contributed by atoms with E-state index >= 15 is 0 Å². The quantitative estimate of drug-likeness (QED) is 0.660. The summed E-state index contributed by atoms with van der Waals surface area (Å²) in [5, 5.41) is 6.37. The SMILES string of the molecule is O=C(NCCc1ccc(Cl)cc1)c1cccc(C(=O)Nc2ccccc2)c1. The number of hydrogen-bond acceptors (Lipinski definition) is 2. The highest BCUT2D eigenvalue weighted by Gasteiger charge is 2.10. The van der Waals surface area contributed by atoms with Gasteiger partial charge in [0, 0.05) is 28.4 Å². The first-order valence-corrected chi connectivity index (χ1v) is 8.99. The molecule has 0 aliphatic rings. The monoisotopic (exact) mass is 378 g/mol. The fourth-order valence-electron chi connectivity index (χ4n) is 2.60. The van der Waals surface area contributed by atoms with Gasteiger partial charge in [-0.3, -0.25) is 9.59 Å². The smallest absolute Gasteiger partial charge is 0.255 e. The summed E-state index contributed by atoms with van der Waals surface area (Å²) >= 11 is 5.87. The summed E-state index contributed by atoms with van der Waals surface area (Å²) in [4.78, 5) is 24.7. The van der Waals surface area contributed by atoms with Crippen LogP contribution in [0.4, 0.5) is 5.69 Å². The van der Waals surface area contributed by atoms with Crippen LogP contribution in [0.25, 0.3) is 0 Å². The molecule has 27 heavy (non-hydrogen) atoms. The van der Waals surface area contributed by atoms with E-state index < -0.39 is 0 Å². The molecule has 0 bridgehead atoms. The second-order valence-corrected chi connectivity index (χ2v) is 6.47. The molecule has 136 valence electrons. The van der Waals surface area contributed by atoms with Crippen LogP contribution in [0.2, 0.25) is 5.02 Å². The van der Waals surface area contributed by atoms with Crippen LogP contribution in [0.5, 0.6) is 0 Å². The minimum atomic E-state index is -0.253. The van der Waals surface area contributed by atoms with E-state index in [9.17, 15) is 9.59 Å². The minimum Gasteiger partial charge on any atom is -0.352 e. The summed E-state index contributed by atoms with van der Waals surface area (Å²) in [5.74, 6) is -0.463. The van der Waals surface area contributed by atoms with Gasteiger partial charge in [-0.25, -0.2) is 0 Å². The van der Waals surface area contributed by atoms with E-state index in [-0.39, 0.29) is 11.8 Å². The van der Waals surface area contributed by atoms with E-state index in [0.29, 0.717) is 34.8 Å². The maximum Gasteiger partial charge on any atom is 0.255 e. The molecule has 3 aromatic rings. The lowest BCUT2D eigenvalue weighted by atomic mass is 10.1. The average molecular weight is 379 g/mol. The first-order valence-electron chi connectivity index (χ1n) is 8.61. The molecule has 0 unspecified atom stereocenters. The molecule has 0 saturated carbocycles. The number of rotatable bonds is 6. The Hall–Kier alpha value is -3.11. The number of carbonyl (C=O) groups is 2. The maximum atomic E-state index is 12.4. The largest absolute Gasteiger partial charge is 0.352 e. The number of nitrogens with one attached hydrogen (secondary N) is 2. The molecule has 0 aliphatic heterocycles. The Kier molecular flexibility index (Phi) is 6.23. The third kappa shape index (κ3) is 5.43. The lowest BCUT2D eigenvalue weighted by Gasteiger charge is -2.08. The van der Waals surface area contributed by atoms with Crippen LogP contribution >= 0.6 is 11.6 Å². The molecule has 0 fully saturated rings. The van der Waals surface area contributed by atoms with Crippen molar-refractivity contribution in [1.29, 1.82) is 0 Å². The zero-order valence-corrected chi connectivity index (χ0v) is 15.4. The maximum absolute atomic E-state index is 12.4. The number of anilines is 1. The van der Waals surface area contributed by atoms with Crippen LogP contribution in [0, 0.1) is 0 Å². The van der Waals surface area contributed by atoms with Gasteiger partial charge in [0.05, 0.1) is 0 Å². The third-order valence-corrected chi connectivity index (χ3v) is 4.28. The molecule has 0 spiro atoms. The Labute approximate surface area is 163 Å². The van der Waals surface area contributed by atoms with Gasteiger partial charge in [0.25, 0.3) is 11.8 Å². The predicted octanol–water partition coefficient (Wildman–Crippen LogP) is 4.56. The summed E-state index contributed by atoms with van der Waals surface area (Å²) in [7, 11) is 0. The second kappa shape index (κ2) is 9.01. The van der Waals surface area contributed by atoms with E-state index in [0.717, 1.165) is 5.56 Å². The topological polar surface area (TPSA) is 58.2 Å². The Morgan fingerprint density at radius 2 is 1.44 bits per heavy atom. The number of amides is 2. The van der Waals surface area contributed by atoms with Gasteiger partial charge in [0.1, 0.15) is 0 Å². The molecule has 2 N–H and O–H groups in total. The molecule has 0 aliphatic carbocycles. The summed E-state index contributed by atoms with van der Waals surface area (Å²) in [6, 6.07) is 23.4. The van der Waals surface area contributed by atoms with E-state index in [1.165, 1.54) is 0 Å². The van der Waals surface area contributed by atoms with Crippen LogP contribution in [0.1, 0.15) is 26.3 Å². The van der Waals surface area contributed by atoms with Crippen molar-refractivity contribution in [2.45, 2.75) is 6.42 Å². The highest BCUT2D eigenvalue weighted by atomic mass is 35.5. The van der Waals surface area contributed by atoms with Crippen molar-refractivity contribution in [2.24, 2.45) is 0 Å². The lowest BCUT2D eigenvalue weighted by molar-refractivity contribution is 0.0954. The summed E-state index contributed by atoms with van der Waals surface area (Å²) in [5.41, 5.74) is 2.69. The number of hydrogen-bond donors (Lipinski definition) is 2. The van der Waals surface area contributed by atoms with E-state index in [2.05, 4.69) is 10.6 Å². The molecule has 0 radical (unpaired) electrons. The third-order valence-electron chi connectivity index (χ3n) is 4.03. The van der Waals surface area contributed by atoms with E-state index in [1.54, 1.807) is 24.3 Å². The zero-order chi connectivity index (χ0) is 19.1. The summed E-state index contributed by atoms with van der Waals surface area (Å²) < 4.78 is 0. The van der Waals surface area contributed by atoms with Crippen molar-refractivity contribution in [3.05, 3.63) is 101 Å². The van der Waals surface area contributed by atoms with Gasteiger partial charge in [0.2, 0.25) is 0 Å². The van der Waals surface area contributed by atoms with Crippen LogP contribution in [-0.4, -0.2) is 18.4 Å². The van der Waals surface area contributed by atoms with Crippen LogP contribution < -0.4 is 10.6 Å². The van der Waals surface area contributed by atoms with Gasteiger partial charge in [-0.15, -0.1) is 0 Å². The van der Waals surface area contributed by atoms with Crippen molar-refractivity contribution in [1.82, 2.24) is 5.32 Å². The molecule has 5 heteroatoms. The Balaban J connectivity index is 1.58. The minimum absolute atomic E-state index is 0.210. The number of carbonyl (C=O) groups excluding carboxylic acids is 2. The van der Waals surface area contributed by atoms with Crippen molar-refractivity contribution in [3.8, 4) is 0 Å². The lowest BCUT2D eigenvalue weighted by Crippen LogP contribution is -2.26. The average Bonchev–Trinajstić information content (AvgIpc) is 2.70. The van der Waals surface area contributed by atoms with Gasteiger partial charge in [-0.2, -0.15) is 0 Å². The van der Waals surface area contributed by atoms with Crippen molar-refractivity contribution in [3.63, 3.8) is 0 Å². The Morgan fingerprint density at radius 1 is 0.778 bits per heavy atom. The standard InChI is InChI=1S/C22H19ClN2O2/c23-19-11-9-16(10-12-19)13-14-24-21(26)17-5-4-6-18(15-17)22(27)25-20-7-2-1-3-8-20/h1-12,15H,13-14H2,(H,24,26)(H,25,27). The molecule has 0 aromatic heterocycles. The van der Waals surface area contributed by atoms with Crippen LogP contribution in [-0.2, 0) is 6.42 Å². The molecule has 0 atom stereocenters. The summed E-state index contributed by atoms with van der Waals surface area (Å²) in [6.07, 6.45) is 0.705. The fourth-order valence-corrected chi connectivity index (χ4v) is 2.73. The molecular formula is C22H19ClN2O2. The normalized spacial score (nSPS) is 10.3. The second-order valence-electron chi connectivity index (χ2n) is 6.03. The first-order chi connectivity index (χ1) is 13.1. The summed E-state index contributed by atoms with van der Waals surface area (Å²) in [6.45, 7) is 0.501. The van der Waals surface area contributed by atoms with Gasteiger partial charge in [0.15, 0.2) is 0 Å². The van der Waals surface area contributed by atoms with Gasteiger partial charge in [-0.1, -0.05) is 48.0 Å². The van der Waals surface area contributed by atoms with Crippen molar-refractivity contribution >= 4 is 29.1 Å². The predicted molar refractivity (Wildman–Crippen MR) is 108 cm³/mol. The highest BCUT2D eigenvalue weighted by molar-refractivity contribution is 6.30. The van der Waals surface area contributed by atoms with Crippen LogP contribution in [0.3, 0.4) is 0 Å². The fraction of sp³-hybridized carbons (Fsp3) is 0.0909. The number of para-hydroxylation sites is 1. The Morgan fingerprint density at radius 3 is 2.15 bits per heavy atom. The van der Waals surface area contributed by atoms with Crippen molar-refractivity contribution in [2.75, 3.05) is 11.9 Å². The highest BCUT2D eigenvalue weighted by Crippen LogP contribution is 2.11. The molecule has 0 saturated heterocycles. The molecule has 0 heterocycles. The van der Waals surface area contributed by atoms with Crippen LogP contribution in [0.15, 0.2) is 78.9 Å². The first kappa shape index (κ1) is 18.7. The molecular weight excluding hydrogens is 360 g/mol. The van der Waals surface area contributed by atoms with E-state index in [4.69, 9.17) is 11.6 Å². The molecule has 3 aromatic carbocycles. The molecule has 2 amide bonds. The number of benzene rings is 3. The van der Waals surface area contributed by atoms with Gasteiger partial charge < -0.3 is 10.6 Å². The number of halogens is 1. The van der Waals surface area contributed by atoms with Gasteiger partial charge in [-0.05, 0) is 54.4 Å². The van der Waals surface area contributed by atoms with Gasteiger partial charge >= 0.3 is 0 Å². The molecule has 3 rings (SSSR count). The molecule has 4 nitrogen and oxygen atoms in total. The Bertz CT molecular complexity index is 925. The van der Waals surface area contributed by atoms with E-state index in [1.807, 2.05) is 54.6 Å². The zero-order valence-electron chi connectivity index (χ0n) is 14.6. The van der Waals surface area contributed by atoms with Crippen molar-refractivity contribution < 1.29 is 9.59 Å².